The van der Waals surface area contributed by atoms with Gasteiger partial charge < -0.3 is 4.90 Å². The lowest BCUT2D eigenvalue weighted by atomic mass is 10.1. The molecule has 4 rings (SSSR count). The lowest BCUT2D eigenvalue weighted by molar-refractivity contribution is 0.476. The molecule has 2 saturated carbocycles. The van der Waals surface area contributed by atoms with Crippen molar-refractivity contribution in [3.8, 4) is 11.3 Å². The molecule has 0 aliphatic heterocycles. The van der Waals surface area contributed by atoms with E-state index >= 15 is 0 Å². The normalized spacial score (nSPS) is 17.3. The van der Waals surface area contributed by atoms with E-state index in [1.807, 2.05) is 17.4 Å². The summed E-state index contributed by atoms with van der Waals surface area (Å²) in [5, 5.41) is 2.01. The molecule has 2 aromatic rings. The maximum absolute atomic E-state index is 6.52. The van der Waals surface area contributed by atoms with Gasteiger partial charge in [0.1, 0.15) is 0 Å². The zero-order valence-electron chi connectivity index (χ0n) is 15.4. The summed E-state index contributed by atoms with van der Waals surface area (Å²) in [4.78, 5) is 9.00. The highest BCUT2D eigenvalue weighted by atomic mass is 35.5. The third kappa shape index (κ3) is 3.59. The molecular weight excluding hydrogens is 348 g/mol. The topological polar surface area (TPSA) is 16.1 Å². The van der Waals surface area contributed by atoms with Crippen molar-refractivity contribution in [3.05, 3.63) is 33.7 Å². The van der Waals surface area contributed by atoms with Crippen LogP contribution in [0.2, 0.25) is 5.02 Å². The summed E-state index contributed by atoms with van der Waals surface area (Å²) in [6.45, 7) is 7.65. The Balaban J connectivity index is 1.69. The Morgan fingerprint density at radius 3 is 2.44 bits per heavy atom. The van der Waals surface area contributed by atoms with E-state index in [2.05, 4.69) is 37.8 Å². The molecular formula is C21H27ClN2S. The van der Waals surface area contributed by atoms with Gasteiger partial charge in [-0.15, -0.1) is 11.3 Å². The van der Waals surface area contributed by atoms with Gasteiger partial charge in [-0.3, -0.25) is 0 Å². The van der Waals surface area contributed by atoms with Gasteiger partial charge in [-0.1, -0.05) is 30.7 Å². The van der Waals surface area contributed by atoms with Crippen LogP contribution in [-0.4, -0.2) is 17.6 Å². The summed E-state index contributed by atoms with van der Waals surface area (Å²) in [7, 11) is 0. The zero-order chi connectivity index (χ0) is 17.6. The number of rotatable bonds is 7. The Morgan fingerprint density at radius 2 is 1.88 bits per heavy atom. The SMILES string of the molecule is CCCN(c1nc(-c2ccc(C)cc2Cl)c(C)s1)C(C1CC1)C1CC1. The number of hydrogen-bond acceptors (Lipinski definition) is 3. The fourth-order valence-electron chi connectivity index (χ4n) is 3.95. The second-order valence-electron chi connectivity index (χ2n) is 7.74. The lowest BCUT2D eigenvalue weighted by Crippen LogP contribution is -2.39. The number of nitrogens with zero attached hydrogens (tertiary/aromatic N) is 2. The van der Waals surface area contributed by atoms with Crippen molar-refractivity contribution in [3.63, 3.8) is 0 Å². The first-order chi connectivity index (χ1) is 12.1. The maximum Gasteiger partial charge on any atom is 0.186 e. The fourth-order valence-corrected chi connectivity index (χ4v) is 5.27. The van der Waals surface area contributed by atoms with Gasteiger partial charge in [-0.25, -0.2) is 4.98 Å². The van der Waals surface area contributed by atoms with Crippen LogP contribution in [0, 0.1) is 25.7 Å². The highest BCUT2D eigenvalue weighted by Gasteiger charge is 2.45. The number of benzene rings is 1. The molecule has 2 fully saturated rings. The molecule has 2 aliphatic carbocycles. The minimum absolute atomic E-state index is 0.715. The van der Waals surface area contributed by atoms with Crippen molar-refractivity contribution >= 4 is 28.1 Å². The van der Waals surface area contributed by atoms with E-state index < -0.39 is 0 Å². The van der Waals surface area contributed by atoms with E-state index in [4.69, 9.17) is 16.6 Å². The summed E-state index contributed by atoms with van der Waals surface area (Å²) in [5.41, 5.74) is 3.33. The van der Waals surface area contributed by atoms with E-state index in [0.717, 1.165) is 34.7 Å². The van der Waals surface area contributed by atoms with Crippen molar-refractivity contribution in [1.82, 2.24) is 4.98 Å². The Bertz CT molecular complexity index is 749. The molecule has 25 heavy (non-hydrogen) atoms. The van der Waals surface area contributed by atoms with Crippen molar-refractivity contribution in [2.24, 2.45) is 11.8 Å². The number of halogens is 1. The predicted molar refractivity (Wildman–Crippen MR) is 109 cm³/mol. The van der Waals surface area contributed by atoms with E-state index in [0.29, 0.717) is 6.04 Å². The molecule has 134 valence electrons. The van der Waals surface area contributed by atoms with Crippen LogP contribution in [0.3, 0.4) is 0 Å². The summed E-state index contributed by atoms with van der Waals surface area (Å²) in [6, 6.07) is 7.00. The van der Waals surface area contributed by atoms with E-state index in [9.17, 15) is 0 Å². The zero-order valence-corrected chi connectivity index (χ0v) is 17.0. The quantitative estimate of drug-likeness (QED) is 0.550. The van der Waals surface area contributed by atoms with Crippen LogP contribution in [0.15, 0.2) is 18.2 Å². The molecule has 0 saturated heterocycles. The molecule has 0 unspecified atom stereocenters. The van der Waals surface area contributed by atoms with Gasteiger partial charge >= 0.3 is 0 Å². The summed E-state index contributed by atoms with van der Waals surface area (Å²) >= 11 is 8.37. The van der Waals surface area contributed by atoms with Gasteiger partial charge in [0, 0.05) is 23.0 Å². The third-order valence-corrected chi connectivity index (χ3v) is 6.77. The first-order valence-electron chi connectivity index (χ1n) is 9.59. The van der Waals surface area contributed by atoms with Crippen LogP contribution in [0.5, 0.6) is 0 Å². The molecule has 1 aromatic carbocycles. The molecule has 1 heterocycles. The molecule has 2 aliphatic rings. The van der Waals surface area contributed by atoms with Crippen molar-refractivity contribution in [1.29, 1.82) is 0 Å². The predicted octanol–water partition coefficient (Wildman–Crippen LogP) is 6.49. The van der Waals surface area contributed by atoms with Gasteiger partial charge in [-0.2, -0.15) is 0 Å². The summed E-state index contributed by atoms with van der Waals surface area (Å²) in [5.74, 6) is 1.80. The molecule has 0 radical (unpaired) electrons. The smallest absolute Gasteiger partial charge is 0.186 e. The van der Waals surface area contributed by atoms with Crippen LogP contribution in [-0.2, 0) is 0 Å². The number of aromatic nitrogens is 1. The third-order valence-electron chi connectivity index (χ3n) is 5.45. The molecule has 0 atom stereocenters. The van der Waals surface area contributed by atoms with Crippen LogP contribution < -0.4 is 4.90 Å². The second kappa shape index (κ2) is 6.92. The molecule has 2 nitrogen and oxygen atoms in total. The van der Waals surface area contributed by atoms with Crippen molar-refractivity contribution in [2.75, 3.05) is 11.4 Å². The lowest BCUT2D eigenvalue weighted by Gasteiger charge is -2.32. The first-order valence-corrected chi connectivity index (χ1v) is 10.8. The fraction of sp³-hybridized carbons (Fsp3) is 0.571. The minimum atomic E-state index is 0.715. The monoisotopic (exact) mass is 374 g/mol. The van der Waals surface area contributed by atoms with Crippen LogP contribution in [0.25, 0.3) is 11.3 Å². The average Bonchev–Trinajstić information content (AvgIpc) is 3.48. The molecule has 0 spiro atoms. The van der Waals surface area contributed by atoms with Gasteiger partial charge in [0.15, 0.2) is 5.13 Å². The molecule has 4 heteroatoms. The Hall–Kier alpha value is -1.06. The van der Waals surface area contributed by atoms with E-state index in [-0.39, 0.29) is 0 Å². The number of anilines is 1. The Morgan fingerprint density at radius 1 is 1.20 bits per heavy atom. The van der Waals surface area contributed by atoms with E-state index in [1.54, 1.807) is 0 Å². The number of thiazole rings is 1. The Labute approximate surface area is 160 Å². The highest BCUT2D eigenvalue weighted by molar-refractivity contribution is 7.16. The van der Waals surface area contributed by atoms with E-state index in [1.165, 1.54) is 47.7 Å². The first kappa shape index (κ1) is 17.4. The van der Waals surface area contributed by atoms with Gasteiger partial charge in [0.2, 0.25) is 0 Å². The maximum atomic E-state index is 6.52. The van der Waals surface area contributed by atoms with Crippen LogP contribution in [0.1, 0.15) is 49.5 Å². The van der Waals surface area contributed by atoms with Crippen LogP contribution in [0.4, 0.5) is 5.13 Å². The molecule has 0 bridgehead atoms. The standard InChI is InChI=1S/C21H27ClN2S/c1-4-11-24(20(15-6-7-15)16-8-9-16)21-23-19(14(3)25-21)17-10-5-13(2)12-18(17)22/h5,10,12,15-16,20H,4,6-9,11H2,1-3H3. The molecule has 0 amide bonds. The summed E-state index contributed by atoms with van der Waals surface area (Å²) in [6.07, 6.45) is 6.80. The van der Waals surface area contributed by atoms with Gasteiger partial charge in [0.25, 0.3) is 0 Å². The Kier molecular flexibility index (Phi) is 4.81. The highest BCUT2D eigenvalue weighted by Crippen LogP contribution is 2.49. The minimum Gasteiger partial charge on any atom is -0.345 e. The van der Waals surface area contributed by atoms with Gasteiger partial charge in [-0.05, 0) is 69.4 Å². The van der Waals surface area contributed by atoms with Crippen molar-refractivity contribution < 1.29 is 0 Å². The largest absolute Gasteiger partial charge is 0.345 e. The number of aryl methyl sites for hydroxylation is 2. The van der Waals surface area contributed by atoms with Crippen LogP contribution >= 0.6 is 22.9 Å². The number of hydrogen-bond donors (Lipinski definition) is 0. The second-order valence-corrected chi connectivity index (χ2v) is 9.33. The average molecular weight is 375 g/mol. The van der Waals surface area contributed by atoms with Crippen molar-refractivity contribution in [2.45, 2.75) is 58.9 Å². The molecule has 0 N–H and O–H groups in total. The van der Waals surface area contributed by atoms with Gasteiger partial charge in [0.05, 0.1) is 10.7 Å². The summed E-state index contributed by atoms with van der Waals surface area (Å²) < 4.78 is 0. The molecule has 1 aromatic heterocycles.